The van der Waals surface area contributed by atoms with Crippen molar-refractivity contribution < 1.29 is 9.53 Å². The number of hydrogen-bond acceptors (Lipinski definition) is 4. The zero-order valence-corrected chi connectivity index (χ0v) is 14.3. The van der Waals surface area contributed by atoms with Gasteiger partial charge in [-0.05, 0) is 24.1 Å². The van der Waals surface area contributed by atoms with Crippen LogP contribution in [0.3, 0.4) is 0 Å². The second-order valence-electron chi connectivity index (χ2n) is 6.36. The molecule has 0 spiro atoms. The van der Waals surface area contributed by atoms with Crippen LogP contribution in [-0.2, 0) is 17.8 Å². The van der Waals surface area contributed by atoms with E-state index in [2.05, 4.69) is 34.3 Å². The molecule has 2 aromatic rings. The minimum Gasteiger partial charge on any atom is -0.376 e. The lowest BCUT2D eigenvalue weighted by atomic mass is 10.1. The van der Waals surface area contributed by atoms with Gasteiger partial charge in [0.25, 0.3) is 5.91 Å². The van der Waals surface area contributed by atoms with Gasteiger partial charge in [-0.1, -0.05) is 24.3 Å². The van der Waals surface area contributed by atoms with Crippen LogP contribution in [0.25, 0.3) is 0 Å². The molecule has 1 aliphatic heterocycles. The lowest BCUT2D eigenvalue weighted by molar-refractivity contribution is -0.0212. The molecule has 0 aliphatic carbocycles. The molecule has 0 bridgehead atoms. The van der Waals surface area contributed by atoms with Crippen molar-refractivity contribution in [2.24, 2.45) is 0 Å². The summed E-state index contributed by atoms with van der Waals surface area (Å²) in [5, 5.41) is 2.88. The van der Waals surface area contributed by atoms with Gasteiger partial charge in [0.05, 0.1) is 18.3 Å². The minimum absolute atomic E-state index is 0.205. The summed E-state index contributed by atoms with van der Waals surface area (Å²) in [5.41, 5.74) is 2.50. The molecule has 2 N–H and O–H groups in total. The van der Waals surface area contributed by atoms with E-state index in [0.717, 1.165) is 31.8 Å². The van der Waals surface area contributed by atoms with E-state index in [1.54, 1.807) is 0 Å². The largest absolute Gasteiger partial charge is 0.376 e. The van der Waals surface area contributed by atoms with Gasteiger partial charge in [-0.3, -0.25) is 14.5 Å². The molecule has 6 heteroatoms. The number of ether oxygens (including phenoxy) is 1. The Balaban J connectivity index is 1.57. The van der Waals surface area contributed by atoms with E-state index in [1.165, 1.54) is 23.9 Å². The van der Waals surface area contributed by atoms with Gasteiger partial charge in [-0.15, -0.1) is 0 Å². The molecule has 1 fully saturated rings. The maximum atomic E-state index is 12.1. The van der Waals surface area contributed by atoms with E-state index in [-0.39, 0.29) is 17.6 Å². The highest BCUT2D eigenvalue weighted by atomic mass is 16.5. The number of rotatable bonds is 5. The van der Waals surface area contributed by atoms with Gasteiger partial charge in [0.15, 0.2) is 0 Å². The SMILES string of the molecule is CC1CN(Cc2cccc(CNC(=O)c3ccc(=O)[nH]c3)c2)CCO1. The number of aromatic nitrogens is 1. The van der Waals surface area contributed by atoms with E-state index >= 15 is 0 Å². The second-order valence-corrected chi connectivity index (χ2v) is 6.36. The van der Waals surface area contributed by atoms with Gasteiger partial charge in [0.2, 0.25) is 5.56 Å². The molecule has 2 heterocycles. The summed E-state index contributed by atoms with van der Waals surface area (Å²) < 4.78 is 5.57. The average molecular weight is 341 g/mol. The highest BCUT2D eigenvalue weighted by Crippen LogP contribution is 2.12. The third-order valence-corrected chi connectivity index (χ3v) is 4.22. The first kappa shape index (κ1) is 17.4. The van der Waals surface area contributed by atoms with Crippen LogP contribution in [0, 0.1) is 0 Å². The van der Waals surface area contributed by atoms with Crippen molar-refractivity contribution in [2.75, 3.05) is 19.7 Å². The molecular weight excluding hydrogens is 318 g/mol. The number of pyridine rings is 1. The summed E-state index contributed by atoms with van der Waals surface area (Å²) in [6.45, 7) is 6.08. The molecule has 0 radical (unpaired) electrons. The van der Waals surface area contributed by atoms with Crippen molar-refractivity contribution in [3.05, 3.63) is 69.6 Å². The maximum Gasteiger partial charge on any atom is 0.253 e. The predicted molar refractivity (Wildman–Crippen MR) is 95.4 cm³/mol. The normalized spacial score (nSPS) is 18.0. The molecule has 1 atom stereocenters. The molecule has 1 aliphatic rings. The van der Waals surface area contributed by atoms with Gasteiger partial charge >= 0.3 is 0 Å². The first-order valence-corrected chi connectivity index (χ1v) is 8.49. The molecule has 6 nitrogen and oxygen atoms in total. The van der Waals surface area contributed by atoms with Crippen LogP contribution in [-0.4, -0.2) is 41.6 Å². The van der Waals surface area contributed by atoms with E-state index in [4.69, 9.17) is 4.74 Å². The van der Waals surface area contributed by atoms with Gasteiger partial charge in [-0.2, -0.15) is 0 Å². The van der Waals surface area contributed by atoms with Crippen molar-refractivity contribution >= 4 is 5.91 Å². The number of nitrogens with zero attached hydrogens (tertiary/aromatic N) is 1. The van der Waals surface area contributed by atoms with E-state index < -0.39 is 0 Å². The highest BCUT2D eigenvalue weighted by Gasteiger charge is 2.16. The molecule has 132 valence electrons. The number of amides is 1. The number of benzene rings is 1. The average Bonchev–Trinajstić information content (AvgIpc) is 2.61. The molecule has 1 saturated heterocycles. The summed E-state index contributed by atoms with van der Waals surface area (Å²) in [6, 6.07) is 11.1. The molecule has 1 unspecified atom stereocenters. The summed E-state index contributed by atoms with van der Waals surface area (Å²) in [6.07, 6.45) is 1.70. The molecule has 1 amide bonds. The van der Waals surface area contributed by atoms with E-state index in [0.29, 0.717) is 12.1 Å². The molecule has 0 saturated carbocycles. The van der Waals surface area contributed by atoms with Crippen molar-refractivity contribution in [1.82, 2.24) is 15.2 Å². The van der Waals surface area contributed by atoms with Crippen molar-refractivity contribution in [3.63, 3.8) is 0 Å². The van der Waals surface area contributed by atoms with Gasteiger partial charge < -0.3 is 15.0 Å². The predicted octanol–water partition coefficient (Wildman–Crippen LogP) is 1.53. The Morgan fingerprint density at radius 3 is 2.92 bits per heavy atom. The van der Waals surface area contributed by atoms with Gasteiger partial charge in [0.1, 0.15) is 0 Å². The van der Waals surface area contributed by atoms with Crippen LogP contribution in [0.5, 0.6) is 0 Å². The van der Waals surface area contributed by atoms with Gasteiger partial charge in [-0.25, -0.2) is 0 Å². The lowest BCUT2D eigenvalue weighted by Gasteiger charge is -2.31. The number of carbonyl (C=O) groups is 1. The van der Waals surface area contributed by atoms with Crippen molar-refractivity contribution in [2.45, 2.75) is 26.1 Å². The third-order valence-electron chi connectivity index (χ3n) is 4.22. The smallest absolute Gasteiger partial charge is 0.253 e. The third kappa shape index (κ3) is 5.01. The fourth-order valence-corrected chi connectivity index (χ4v) is 2.97. The summed E-state index contributed by atoms with van der Waals surface area (Å²) in [5.74, 6) is -0.205. The molecule has 25 heavy (non-hydrogen) atoms. The number of nitrogens with one attached hydrogen (secondary N) is 2. The number of aromatic amines is 1. The fourth-order valence-electron chi connectivity index (χ4n) is 2.97. The zero-order chi connectivity index (χ0) is 17.6. The fraction of sp³-hybridized carbons (Fsp3) is 0.368. The molecule has 1 aromatic heterocycles. The van der Waals surface area contributed by atoms with E-state index in [1.807, 2.05) is 12.1 Å². The number of morpholine rings is 1. The second kappa shape index (κ2) is 8.09. The van der Waals surface area contributed by atoms with Crippen molar-refractivity contribution in [1.29, 1.82) is 0 Å². The Labute approximate surface area is 146 Å². The molecular formula is C19H23N3O3. The highest BCUT2D eigenvalue weighted by molar-refractivity contribution is 5.93. The zero-order valence-electron chi connectivity index (χ0n) is 14.3. The first-order chi connectivity index (χ1) is 12.1. The Morgan fingerprint density at radius 2 is 2.16 bits per heavy atom. The van der Waals surface area contributed by atoms with Crippen LogP contribution < -0.4 is 10.9 Å². The Hall–Kier alpha value is -2.44. The number of carbonyl (C=O) groups excluding carboxylic acids is 1. The van der Waals surface area contributed by atoms with Crippen molar-refractivity contribution in [3.8, 4) is 0 Å². The van der Waals surface area contributed by atoms with E-state index in [9.17, 15) is 9.59 Å². The topological polar surface area (TPSA) is 74.4 Å². The standard InChI is InChI=1S/C19H23N3O3/c1-14-12-22(7-8-25-14)13-16-4-2-3-15(9-16)10-21-19(24)17-5-6-18(23)20-11-17/h2-6,9,11,14H,7-8,10,12-13H2,1H3,(H,20,23)(H,21,24). The Kier molecular flexibility index (Phi) is 5.63. The maximum absolute atomic E-state index is 12.1. The van der Waals surface area contributed by atoms with Crippen LogP contribution >= 0.6 is 0 Å². The minimum atomic E-state index is -0.221. The molecule has 1 aromatic carbocycles. The summed E-state index contributed by atoms with van der Waals surface area (Å²) >= 11 is 0. The van der Waals surface area contributed by atoms with Crippen LogP contribution in [0.2, 0.25) is 0 Å². The first-order valence-electron chi connectivity index (χ1n) is 8.49. The monoisotopic (exact) mass is 341 g/mol. The number of H-pyrrole nitrogens is 1. The van der Waals surface area contributed by atoms with Gasteiger partial charge in [0, 0.05) is 38.4 Å². The van der Waals surface area contributed by atoms with Crippen LogP contribution in [0.1, 0.15) is 28.4 Å². The lowest BCUT2D eigenvalue weighted by Crippen LogP contribution is -2.40. The number of hydrogen-bond donors (Lipinski definition) is 2. The Bertz CT molecular complexity index is 767. The summed E-state index contributed by atoms with van der Waals surface area (Å²) in [7, 11) is 0. The summed E-state index contributed by atoms with van der Waals surface area (Å²) in [4.78, 5) is 28.0. The van der Waals surface area contributed by atoms with Crippen LogP contribution in [0.15, 0.2) is 47.4 Å². The quantitative estimate of drug-likeness (QED) is 0.865. The Morgan fingerprint density at radius 1 is 1.32 bits per heavy atom. The van der Waals surface area contributed by atoms with Crippen LogP contribution in [0.4, 0.5) is 0 Å². The molecule has 3 rings (SSSR count).